The van der Waals surface area contributed by atoms with Crippen LogP contribution in [0.25, 0.3) is 0 Å². The number of hydrogen-bond acceptors (Lipinski definition) is 4. The maximum Gasteiger partial charge on any atom is 0.410 e. The van der Waals surface area contributed by atoms with Crippen molar-refractivity contribution in [2.45, 2.75) is 52.8 Å². The van der Waals surface area contributed by atoms with Gasteiger partial charge in [-0.1, -0.05) is 0 Å². The SMILES string of the molecule is CCn1nc2c(c1C(=O)O)CN(C(=O)OC(C)(C)C)CC2. The summed E-state index contributed by atoms with van der Waals surface area (Å²) in [7, 11) is 0. The normalized spacial score (nSPS) is 14.8. The number of carboxylic acids is 1. The molecule has 0 atom stereocenters. The molecule has 7 heteroatoms. The summed E-state index contributed by atoms with van der Waals surface area (Å²) in [6, 6.07) is 0. The highest BCUT2D eigenvalue weighted by Crippen LogP contribution is 2.24. The van der Waals surface area contributed by atoms with Gasteiger partial charge in [-0.2, -0.15) is 5.10 Å². The highest BCUT2D eigenvalue weighted by molar-refractivity contribution is 5.88. The molecule has 0 aromatic carbocycles. The highest BCUT2D eigenvalue weighted by atomic mass is 16.6. The van der Waals surface area contributed by atoms with E-state index >= 15 is 0 Å². The third-order valence-corrected chi connectivity index (χ3v) is 3.26. The standard InChI is InChI=1S/C14H21N3O4/c1-5-17-11(12(18)19)9-8-16(7-6-10(9)15-17)13(20)21-14(2,3)4/h5-8H2,1-4H3,(H,18,19). The zero-order chi connectivity index (χ0) is 15.8. The molecule has 0 bridgehead atoms. The van der Waals surface area contributed by atoms with E-state index in [2.05, 4.69) is 5.10 Å². The summed E-state index contributed by atoms with van der Waals surface area (Å²) in [4.78, 5) is 25.1. The van der Waals surface area contributed by atoms with Crippen LogP contribution < -0.4 is 0 Å². The monoisotopic (exact) mass is 295 g/mol. The van der Waals surface area contributed by atoms with Gasteiger partial charge in [0.25, 0.3) is 0 Å². The van der Waals surface area contributed by atoms with E-state index in [-0.39, 0.29) is 12.2 Å². The minimum Gasteiger partial charge on any atom is -0.477 e. The number of carbonyl (C=O) groups is 2. The van der Waals surface area contributed by atoms with Crippen LogP contribution in [0, 0.1) is 0 Å². The van der Waals surface area contributed by atoms with Crippen molar-refractivity contribution >= 4 is 12.1 Å². The first kappa shape index (κ1) is 15.3. The van der Waals surface area contributed by atoms with Crippen LogP contribution in [0.3, 0.4) is 0 Å². The average molecular weight is 295 g/mol. The number of amides is 1. The molecule has 2 heterocycles. The van der Waals surface area contributed by atoms with Gasteiger partial charge in [0.1, 0.15) is 5.60 Å². The molecular weight excluding hydrogens is 274 g/mol. The quantitative estimate of drug-likeness (QED) is 0.900. The fraction of sp³-hybridized carbons (Fsp3) is 0.643. The molecule has 0 radical (unpaired) electrons. The van der Waals surface area contributed by atoms with Crippen LogP contribution in [-0.2, 0) is 24.2 Å². The summed E-state index contributed by atoms with van der Waals surface area (Å²) in [5.74, 6) is -1.02. The minimum atomic E-state index is -1.02. The van der Waals surface area contributed by atoms with E-state index < -0.39 is 17.7 Å². The Morgan fingerprint density at radius 2 is 2.05 bits per heavy atom. The number of aryl methyl sites for hydroxylation is 1. The van der Waals surface area contributed by atoms with Gasteiger partial charge in [0, 0.05) is 25.1 Å². The lowest BCUT2D eigenvalue weighted by molar-refractivity contribution is 0.0221. The van der Waals surface area contributed by atoms with E-state index in [0.717, 1.165) is 5.69 Å². The molecule has 2 rings (SSSR count). The Hall–Kier alpha value is -2.05. The number of carbonyl (C=O) groups excluding carboxylic acids is 1. The van der Waals surface area contributed by atoms with E-state index in [1.807, 2.05) is 6.92 Å². The summed E-state index contributed by atoms with van der Waals surface area (Å²) in [5, 5.41) is 13.7. The molecule has 1 aromatic rings. The predicted molar refractivity (Wildman–Crippen MR) is 75.2 cm³/mol. The van der Waals surface area contributed by atoms with E-state index in [9.17, 15) is 14.7 Å². The van der Waals surface area contributed by atoms with Gasteiger partial charge in [-0.15, -0.1) is 0 Å². The maximum atomic E-state index is 12.1. The van der Waals surface area contributed by atoms with Gasteiger partial charge < -0.3 is 14.7 Å². The molecule has 1 aliphatic heterocycles. The second-order valence-electron chi connectivity index (χ2n) is 6.05. The van der Waals surface area contributed by atoms with E-state index in [1.165, 1.54) is 9.58 Å². The van der Waals surface area contributed by atoms with E-state index in [0.29, 0.717) is 25.1 Å². The molecule has 7 nitrogen and oxygen atoms in total. The zero-order valence-corrected chi connectivity index (χ0v) is 12.8. The first-order valence-electron chi connectivity index (χ1n) is 7.02. The van der Waals surface area contributed by atoms with Crippen LogP contribution in [0.4, 0.5) is 4.79 Å². The number of aromatic nitrogens is 2. The maximum absolute atomic E-state index is 12.1. The van der Waals surface area contributed by atoms with Crippen LogP contribution in [0.5, 0.6) is 0 Å². The molecule has 0 saturated carbocycles. The Morgan fingerprint density at radius 3 is 2.57 bits per heavy atom. The summed E-state index contributed by atoms with van der Waals surface area (Å²) in [6.07, 6.45) is 0.121. The van der Waals surface area contributed by atoms with Crippen LogP contribution in [0.15, 0.2) is 0 Å². The summed E-state index contributed by atoms with van der Waals surface area (Å²) < 4.78 is 6.82. The van der Waals surface area contributed by atoms with Gasteiger partial charge in [0.2, 0.25) is 0 Å². The molecule has 0 fully saturated rings. The van der Waals surface area contributed by atoms with Crippen LogP contribution in [0.1, 0.15) is 49.4 Å². The predicted octanol–water partition coefficient (Wildman–Crippen LogP) is 1.89. The van der Waals surface area contributed by atoms with Crippen molar-refractivity contribution in [2.75, 3.05) is 6.54 Å². The second kappa shape index (κ2) is 5.38. The third kappa shape index (κ3) is 3.17. The molecule has 116 valence electrons. The molecule has 1 amide bonds. The Balaban J connectivity index is 2.25. The molecule has 21 heavy (non-hydrogen) atoms. The Morgan fingerprint density at radius 1 is 1.38 bits per heavy atom. The number of aromatic carboxylic acids is 1. The molecule has 1 aliphatic rings. The number of nitrogens with zero attached hydrogens (tertiary/aromatic N) is 3. The molecule has 0 spiro atoms. The van der Waals surface area contributed by atoms with Crippen molar-refractivity contribution in [1.29, 1.82) is 0 Å². The largest absolute Gasteiger partial charge is 0.477 e. The first-order valence-corrected chi connectivity index (χ1v) is 7.02. The van der Waals surface area contributed by atoms with Gasteiger partial charge in [0.05, 0.1) is 12.2 Å². The molecule has 0 aliphatic carbocycles. The molecule has 1 N–H and O–H groups in total. The second-order valence-corrected chi connectivity index (χ2v) is 6.05. The van der Waals surface area contributed by atoms with Gasteiger partial charge in [-0.25, -0.2) is 9.59 Å². The summed E-state index contributed by atoms with van der Waals surface area (Å²) in [5.41, 5.74) is 0.969. The Labute approximate surface area is 123 Å². The Bertz CT molecular complexity index is 572. The number of hydrogen-bond donors (Lipinski definition) is 1. The van der Waals surface area contributed by atoms with Gasteiger partial charge >= 0.3 is 12.1 Å². The zero-order valence-electron chi connectivity index (χ0n) is 12.8. The summed E-state index contributed by atoms with van der Waals surface area (Å²) >= 11 is 0. The van der Waals surface area contributed by atoms with Gasteiger partial charge in [0.15, 0.2) is 5.69 Å². The number of carboxylic acid groups (broad SMARTS) is 1. The van der Waals surface area contributed by atoms with Gasteiger partial charge in [-0.3, -0.25) is 4.68 Å². The topological polar surface area (TPSA) is 84.7 Å². The van der Waals surface area contributed by atoms with Crippen LogP contribution in [-0.4, -0.2) is 44.0 Å². The van der Waals surface area contributed by atoms with Crippen LogP contribution >= 0.6 is 0 Å². The molecular formula is C14H21N3O4. The van der Waals surface area contributed by atoms with E-state index in [4.69, 9.17) is 4.74 Å². The lowest BCUT2D eigenvalue weighted by atomic mass is 10.1. The van der Waals surface area contributed by atoms with Crippen molar-refractivity contribution in [3.05, 3.63) is 17.0 Å². The lowest BCUT2D eigenvalue weighted by Crippen LogP contribution is -2.40. The smallest absolute Gasteiger partial charge is 0.410 e. The number of fused-ring (bicyclic) bond motifs is 1. The third-order valence-electron chi connectivity index (χ3n) is 3.26. The minimum absolute atomic E-state index is 0.167. The van der Waals surface area contributed by atoms with E-state index in [1.54, 1.807) is 20.8 Å². The highest BCUT2D eigenvalue weighted by Gasteiger charge is 2.31. The van der Waals surface area contributed by atoms with Crippen molar-refractivity contribution < 1.29 is 19.4 Å². The van der Waals surface area contributed by atoms with Crippen molar-refractivity contribution in [2.24, 2.45) is 0 Å². The molecule has 0 unspecified atom stereocenters. The number of rotatable bonds is 2. The fourth-order valence-electron chi connectivity index (χ4n) is 2.38. The first-order chi connectivity index (χ1) is 9.73. The van der Waals surface area contributed by atoms with Crippen LogP contribution in [0.2, 0.25) is 0 Å². The number of ether oxygens (including phenoxy) is 1. The average Bonchev–Trinajstić information content (AvgIpc) is 2.73. The van der Waals surface area contributed by atoms with Gasteiger partial charge in [-0.05, 0) is 27.7 Å². The van der Waals surface area contributed by atoms with Crippen molar-refractivity contribution in [3.63, 3.8) is 0 Å². The molecule has 0 saturated heterocycles. The van der Waals surface area contributed by atoms with Crippen molar-refractivity contribution in [1.82, 2.24) is 14.7 Å². The molecule has 1 aromatic heterocycles. The van der Waals surface area contributed by atoms with Crippen molar-refractivity contribution in [3.8, 4) is 0 Å². The lowest BCUT2D eigenvalue weighted by Gasteiger charge is -2.29. The fourth-order valence-corrected chi connectivity index (χ4v) is 2.38. The summed E-state index contributed by atoms with van der Waals surface area (Å²) in [6.45, 7) is 8.46. The Kier molecular flexibility index (Phi) is 3.93.